The Morgan fingerprint density at radius 3 is 3.17 bits per heavy atom. The quantitative estimate of drug-likeness (QED) is 0.742. The molecule has 0 saturated carbocycles. The third kappa shape index (κ3) is 3.31. The van der Waals surface area contributed by atoms with E-state index in [1.807, 2.05) is 23.9 Å². The summed E-state index contributed by atoms with van der Waals surface area (Å²) in [5, 5.41) is 14.7. The van der Waals surface area contributed by atoms with Crippen molar-refractivity contribution in [2.75, 3.05) is 24.7 Å². The highest BCUT2D eigenvalue weighted by Crippen LogP contribution is 2.35. The third-order valence-corrected chi connectivity index (χ3v) is 5.54. The van der Waals surface area contributed by atoms with Gasteiger partial charge in [0.2, 0.25) is 5.13 Å². The van der Waals surface area contributed by atoms with Gasteiger partial charge in [-0.2, -0.15) is 5.10 Å². The van der Waals surface area contributed by atoms with Crippen molar-refractivity contribution in [3.8, 4) is 0 Å². The average molecular weight is 349 g/mol. The zero-order valence-electron chi connectivity index (χ0n) is 13.9. The maximum Gasteiger partial charge on any atom is 0.208 e. The molecule has 4 rings (SSSR count). The minimum Gasteiger partial charge on any atom is -0.374 e. The molecule has 2 fully saturated rings. The number of rotatable bonds is 6. The normalized spacial score (nSPS) is 26.7. The van der Waals surface area contributed by atoms with Gasteiger partial charge in [0, 0.05) is 38.7 Å². The van der Waals surface area contributed by atoms with Crippen LogP contribution >= 0.6 is 11.3 Å². The van der Waals surface area contributed by atoms with E-state index in [4.69, 9.17) is 9.47 Å². The van der Waals surface area contributed by atoms with Gasteiger partial charge in [-0.1, -0.05) is 11.3 Å². The Balaban J connectivity index is 1.36. The summed E-state index contributed by atoms with van der Waals surface area (Å²) in [4.78, 5) is 2.34. The summed E-state index contributed by atoms with van der Waals surface area (Å²) in [7, 11) is 0. The second-order valence-electron chi connectivity index (χ2n) is 6.33. The van der Waals surface area contributed by atoms with Gasteiger partial charge in [0.25, 0.3) is 0 Å². The molecule has 0 radical (unpaired) electrons. The van der Waals surface area contributed by atoms with Crippen LogP contribution in [0.1, 0.15) is 24.3 Å². The molecule has 4 heterocycles. The zero-order chi connectivity index (χ0) is 16.4. The summed E-state index contributed by atoms with van der Waals surface area (Å²) < 4.78 is 14.2. The van der Waals surface area contributed by atoms with Gasteiger partial charge < -0.3 is 14.4 Å². The molecule has 0 aromatic carbocycles. The van der Waals surface area contributed by atoms with Gasteiger partial charge in [0.15, 0.2) is 0 Å². The molecule has 7 nitrogen and oxygen atoms in total. The van der Waals surface area contributed by atoms with E-state index in [1.54, 1.807) is 17.5 Å². The molecule has 2 aromatic rings. The molecule has 0 bridgehead atoms. The number of nitrogens with zero attached hydrogens (tertiary/aromatic N) is 5. The Bertz CT molecular complexity index is 647. The SMILES string of the molecule is Cc1nnc(N2C[C@@H](OCCCn3cccn3)[C@@H]3OCCC[C@@H]32)s1. The fraction of sp³-hybridized carbons (Fsp3) is 0.688. The first-order valence-corrected chi connectivity index (χ1v) is 9.40. The molecule has 8 heteroatoms. The number of aromatic nitrogens is 4. The van der Waals surface area contributed by atoms with E-state index < -0.39 is 0 Å². The number of hydrogen-bond acceptors (Lipinski definition) is 7. The molecule has 0 unspecified atom stereocenters. The summed E-state index contributed by atoms with van der Waals surface area (Å²) in [6, 6.07) is 2.31. The predicted octanol–water partition coefficient (Wildman–Crippen LogP) is 1.89. The average Bonchev–Trinajstić information content (AvgIpc) is 3.32. The van der Waals surface area contributed by atoms with Crippen molar-refractivity contribution in [3.05, 3.63) is 23.5 Å². The summed E-state index contributed by atoms with van der Waals surface area (Å²) in [6.45, 7) is 5.27. The van der Waals surface area contributed by atoms with Crippen molar-refractivity contribution in [3.63, 3.8) is 0 Å². The van der Waals surface area contributed by atoms with Gasteiger partial charge in [-0.15, -0.1) is 10.2 Å². The first kappa shape index (κ1) is 16.0. The molecule has 130 valence electrons. The van der Waals surface area contributed by atoms with Crippen LogP contribution < -0.4 is 4.90 Å². The van der Waals surface area contributed by atoms with Crippen LogP contribution in [0.15, 0.2) is 18.5 Å². The van der Waals surface area contributed by atoms with Gasteiger partial charge in [0.05, 0.1) is 6.04 Å². The summed E-state index contributed by atoms with van der Waals surface area (Å²) >= 11 is 1.65. The number of ether oxygens (including phenoxy) is 2. The van der Waals surface area contributed by atoms with Gasteiger partial charge in [0.1, 0.15) is 17.2 Å². The Morgan fingerprint density at radius 1 is 1.42 bits per heavy atom. The topological polar surface area (TPSA) is 65.3 Å². The lowest BCUT2D eigenvalue weighted by Crippen LogP contribution is -2.42. The van der Waals surface area contributed by atoms with Crippen LogP contribution in [0.4, 0.5) is 5.13 Å². The first-order chi connectivity index (χ1) is 11.8. The number of anilines is 1. The molecule has 0 spiro atoms. The molecule has 24 heavy (non-hydrogen) atoms. The van der Waals surface area contributed by atoms with Crippen molar-refractivity contribution in [1.82, 2.24) is 20.0 Å². The van der Waals surface area contributed by atoms with Crippen molar-refractivity contribution in [1.29, 1.82) is 0 Å². The highest BCUT2D eigenvalue weighted by atomic mass is 32.1. The van der Waals surface area contributed by atoms with E-state index in [-0.39, 0.29) is 12.2 Å². The second kappa shape index (κ2) is 7.16. The van der Waals surface area contributed by atoms with E-state index in [0.717, 1.165) is 55.7 Å². The van der Waals surface area contributed by atoms with E-state index in [2.05, 4.69) is 20.2 Å². The monoisotopic (exact) mass is 349 g/mol. The minimum atomic E-state index is 0.108. The molecule has 3 atom stereocenters. The van der Waals surface area contributed by atoms with E-state index >= 15 is 0 Å². The number of aryl methyl sites for hydroxylation is 2. The highest BCUT2D eigenvalue weighted by molar-refractivity contribution is 7.15. The van der Waals surface area contributed by atoms with Crippen LogP contribution in [0.3, 0.4) is 0 Å². The van der Waals surface area contributed by atoms with Crippen LogP contribution in [-0.2, 0) is 16.0 Å². The lowest BCUT2D eigenvalue weighted by Gasteiger charge is -2.31. The Labute approximate surface area is 145 Å². The van der Waals surface area contributed by atoms with Crippen LogP contribution in [0.25, 0.3) is 0 Å². The predicted molar refractivity (Wildman–Crippen MR) is 91.3 cm³/mol. The fourth-order valence-corrected chi connectivity index (χ4v) is 4.33. The molecule has 0 aliphatic carbocycles. The molecular formula is C16H23N5O2S. The fourth-order valence-electron chi connectivity index (χ4n) is 3.57. The van der Waals surface area contributed by atoms with E-state index in [1.165, 1.54) is 0 Å². The highest BCUT2D eigenvalue weighted by Gasteiger charge is 2.45. The molecule has 2 aliphatic rings. The van der Waals surface area contributed by atoms with E-state index in [9.17, 15) is 0 Å². The molecule has 2 saturated heterocycles. The van der Waals surface area contributed by atoms with Gasteiger partial charge in [-0.25, -0.2) is 0 Å². The lowest BCUT2D eigenvalue weighted by molar-refractivity contribution is -0.0740. The van der Waals surface area contributed by atoms with Gasteiger partial charge in [-0.05, 0) is 32.3 Å². The summed E-state index contributed by atoms with van der Waals surface area (Å²) in [6.07, 6.45) is 7.23. The summed E-state index contributed by atoms with van der Waals surface area (Å²) in [5.41, 5.74) is 0. The molecule has 0 N–H and O–H groups in total. The standard InChI is InChI=1S/C16H23N5O2S/c1-12-18-19-16(24-12)21-11-14(15-13(21)5-2-9-23-15)22-10-4-8-20-7-3-6-17-20/h3,6-7,13-15H,2,4-5,8-11H2,1H3/t13-,14+,15+/m0/s1. The van der Waals surface area contributed by atoms with Gasteiger partial charge >= 0.3 is 0 Å². The number of hydrogen-bond donors (Lipinski definition) is 0. The largest absolute Gasteiger partial charge is 0.374 e. The van der Waals surface area contributed by atoms with Crippen molar-refractivity contribution in [2.24, 2.45) is 0 Å². The molecule has 2 aliphatic heterocycles. The smallest absolute Gasteiger partial charge is 0.208 e. The molecule has 2 aromatic heterocycles. The molecule has 0 amide bonds. The second-order valence-corrected chi connectivity index (χ2v) is 7.49. The van der Waals surface area contributed by atoms with Gasteiger partial charge in [-0.3, -0.25) is 4.68 Å². The Kier molecular flexibility index (Phi) is 4.77. The van der Waals surface area contributed by atoms with Crippen LogP contribution in [0.2, 0.25) is 0 Å². The maximum absolute atomic E-state index is 6.18. The molecular weight excluding hydrogens is 326 g/mol. The number of fused-ring (bicyclic) bond motifs is 1. The lowest BCUT2D eigenvalue weighted by atomic mass is 10.0. The zero-order valence-corrected chi connectivity index (χ0v) is 14.7. The van der Waals surface area contributed by atoms with Crippen molar-refractivity contribution >= 4 is 16.5 Å². The minimum absolute atomic E-state index is 0.108. The van der Waals surface area contributed by atoms with Crippen LogP contribution in [0.5, 0.6) is 0 Å². The Morgan fingerprint density at radius 2 is 2.38 bits per heavy atom. The maximum atomic E-state index is 6.18. The summed E-state index contributed by atoms with van der Waals surface area (Å²) in [5.74, 6) is 0. The third-order valence-electron chi connectivity index (χ3n) is 4.66. The van der Waals surface area contributed by atoms with Crippen LogP contribution in [0, 0.1) is 6.92 Å². The Hall–Kier alpha value is -1.51. The van der Waals surface area contributed by atoms with Crippen LogP contribution in [-0.4, -0.2) is 58.0 Å². The first-order valence-electron chi connectivity index (χ1n) is 8.58. The van der Waals surface area contributed by atoms with Crippen molar-refractivity contribution < 1.29 is 9.47 Å². The van der Waals surface area contributed by atoms with Crippen molar-refractivity contribution in [2.45, 2.75) is 51.0 Å². The van der Waals surface area contributed by atoms with E-state index in [0.29, 0.717) is 6.04 Å².